The number of halogens is 1. The van der Waals surface area contributed by atoms with Crippen LogP contribution in [0.4, 0.5) is 0 Å². The van der Waals surface area contributed by atoms with Crippen molar-refractivity contribution >= 4 is 32.5 Å². The van der Waals surface area contributed by atoms with Crippen LogP contribution in [0.25, 0.3) is 0 Å². The molecule has 2 aliphatic heterocycles. The predicted molar refractivity (Wildman–Crippen MR) is 93.3 cm³/mol. The first-order valence-electron chi connectivity index (χ1n) is 7.63. The summed E-state index contributed by atoms with van der Waals surface area (Å²) >= 11 is 0. The summed E-state index contributed by atoms with van der Waals surface area (Å²) in [6, 6.07) is 5.78. The highest BCUT2D eigenvalue weighted by Crippen LogP contribution is 2.25. The summed E-state index contributed by atoms with van der Waals surface area (Å²) in [5.41, 5.74) is 0. The van der Waals surface area contributed by atoms with E-state index in [9.17, 15) is 16.8 Å². The van der Waals surface area contributed by atoms with Gasteiger partial charge in [0.2, 0.25) is 20.0 Å². The minimum Gasteiger partial charge on any atom is -0.309 e. The molecule has 7 nitrogen and oxygen atoms in total. The largest absolute Gasteiger partial charge is 0.309 e. The molecule has 0 amide bonds. The Morgan fingerprint density at radius 3 is 2.00 bits per heavy atom. The third-order valence-corrected chi connectivity index (χ3v) is 7.74. The normalized spacial score (nSPS) is 25.0. The van der Waals surface area contributed by atoms with E-state index in [1.807, 2.05) is 0 Å². The Labute approximate surface area is 149 Å². The van der Waals surface area contributed by atoms with Crippen LogP contribution in [0.5, 0.6) is 0 Å². The third-order valence-electron chi connectivity index (χ3n) is 4.47. The van der Waals surface area contributed by atoms with Gasteiger partial charge in [-0.05, 0) is 44.2 Å². The van der Waals surface area contributed by atoms with Crippen LogP contribution in [-0.2, 0) is 20.0 Å². The third kappa shape index (κ3) is 3.76. The number of rotatable bonds is 4. The molecule has 136 valence electrons. The number of piperazine rings is 1. The van der Waals surface area contributed by atoms with Crippen molar-refractivity contribution in [3.8, 4) is 0 Å². The lowest BCUT2D eigenvalue weighted by Crippen LogP contribution is -2.59. The molecule has 2 fully saturated rings. The van der Waals surface area contributed by atoms with Crippen molar-refractivity contribution < 1.29 is 16.8 Å². The molecule has 2 N–H and O–H groups in total. The smallest absolute Gasteiger partial charge is 0.243 e. The average Bonchev–Trinajstić information content (AvgIpc) is 2.54. The quantitative estimate of drug-likeness (QED) is 0.775. The molecule has 0 aliphatic carbocycles. The fourth-order valence-corrected chi connectivity index (χ4v) is 5.48. The van der Waals surface area contributed by atoms with Crippen molar-refractivity contribution in [3.63, 3.8) is 0 Å². The summed E-state index contributed by atoms with van der Waals surface area (Å²) in [7, 11) is -5.84. The Morgan fingerprint density at radius 2 is 1.50 bits per heavy atom. The van der Waals surface area contributed by atoms with E-state index in [0.717, 1.165) is 19.3 Å². The Kier molecular flexibility index (Phi) is 5.94. The van der Waals surface area contributed by atoms with E-state index in [1.165, 1.54) is 35.6 Å². The van der Waals surface area contributed by atoms with Crippen molar-refractivity contribution in [1.82, 2.24) is 14.3 Å². The number of benzene rings is 1. The van der Waals surface area contributed by atoms with Gasteiger partial charge in [0.15, 0.2) is 0 Å². The van der Waals surface area contributed by atoms with Crippen LogP contribution in [0, 0.1) is 0 Å². The zero-order valence-electron chi connectivity index (χ0n) is 13.3. The van der Waals surface area contributed by atoms with Gasteiger partial charge in [0.05, 0.1) is 9.79 Å². The zero-order chi connectivity index (χ0) is 16.7. The van der Waals surface area contributed by atoms with Gasteiger partial charge in [-0.3, -0.25) is 0 Å². The number of hydrogen-bond acceptors (Lipinski definition) is 5. The number of nitrogens with zero attached hydrogens (tertiary/aromatic N) is 1. The van der Waals surface area contributed by atoms with Gasteiger partial charge in [-0.25, -0.2) is 21.6 Å². The number of hydrogen-bond donors (Lipinski definition) is 2. The lowest BCUT2D eigenvalue weighted by Gasteiger charge is -2.41. The second kappa shape index (κ2) is 7.27. The summed E-state index contributed by atoms with van der Waals surface area (Å²) in [6.07, 6.45) is 3.11. The van der Waals surface area contributed by atoms with E-state index < -0.39 is 20.0 Å². The highest BCUT2D eigenvalue weighted by Gasteiger charge is 2.36. The molecule has 3 rings (SSSR count). The van der Waals surface area contributed by atoms with Gasteiger partial charge in [0.1, 0.15) is 0 Å². The van der Waals surface area contributed by atoms with E-state index in [2.05, 4.69) is 10.0 Å². The molecule has 1 aromatic rings. The molecule has 2 heterocycles. The maximum atomic E-state index is 12.8. The molecule has 0 saturated carbocycles. The summed E-state index contributed by atoms with van der Waals surface area (Å²) in [4.78, 5) is 0.184. The van der Waals surface area contributed by atoms with Gasteiger partial charge in [0, 0.05) is 25.2 Å². The van der Waals surface area contributed by atoms with E-state index in [-0.39, 0.29) is 34.3 Å². The fourth-order valence-electron chi connectivity index (χ4n) is 3.22. The van der Waals surface area contributed by atoms with Crippen molar-refractivity contribution in [2.45, 2.75) is 41.1 Å². The fraction of sp³-hybridized carbons (Fsp3) is 0.571. The average molecular weight is 396 g/mol. The standard InChI is InChI=1S/C14H21N3O4S2.ClH/c1-15-22(18,19)13-5-7-14(8-6-13)23(20,21)17-9-11-3-2-4-12(10-17)16-11;/h5-8,11-12,15-16H,2-4,9-10H2,1H3;1H. The van der Waals surface area contributed by atoms with E-state index in [0.29, 0.717) is 13.1 Å². The van der Waals surface area contributed by atoms with Gasteiger partial charge in [-0.15, -0.1) is 12.4 Å². The molecule has 2 bridgehead atoms. The van der Waals surface area contributed by atoms with E-state index >= 15 is 0 Å². The van der Waals surface area contributed by atoms with Gasteiger partial charge in [0.25, 0.3) is 0 Å². The number of sulfonamides is 2. The van der Waals surface area contributed by atoms with Crippen LogP contribution in [0.15, 0.2) is 34.1 Å². The Balaban J connectivity index is 0.00000208. The lowest BCUT2D eigenvalue weighted by molar-refractivity contribution is 0.190. The summed E-state index contributed by atoms with van der Waals surface area (Å²) in [6.45, 7) is 0.935. The van der Waals surface area contributed by atoms with Crippen LogP contribution in [-0.4, -0.2) is 53.4 Å². The number of nitrogens with one attached hydrogen (secondary N) is 2. The molecule has 24 heavy (non-hydrogen) atoms. The van der Waals surface area contributed by atoms with Gasteiger partial charge < -0.3 is 5.32 Å². The van der Waals surface area contributed by atoms with Crippen molar-refractivity contribution in [2.75, 3.05) is 20.1 Å². The van der Waals surface area contributed by atoms with Crippen molar-refractivity contribution in [1.29, 1.82) is 0 Å². The van der Waals surface area contributed by atoms with Crippen molar-refractivity contribution in [3.05, 3.63) is 24.3 Å². The van der Waals surface area contributed by atoms with Crippen LogP contribution >= 0.6 is 12.4 Å². The molecule has 0 aromatic heterocycles. The second-order valence-electron chi connectivity index (χ2n) is 5.99. The Bertz CT molecular complexity index is 769. The summed E-state index contributed by atoms with van der Waals surface area (Å²) < 4.78 is 52.7. The first-order chi connectivity index (χ1) is 10.8. The summed E-state index contributed by atoms with van der Waals surface area (Å²) in [5, 5.41) is 3.45. The minimum absolute atomic E-state index is 0. The van der Waals surface area contributed by atoms with Crippen LogP contribution in [0.3, 0.4) is 0 Å². The van der Waals surface area contributed by atoms with Crippen molar-refractivity contribution in [2.24, 2.45) is 0 Å². The van der Waals surface area contributed by atoms with Crippen LogP contribution in [0.1, 0.15) is 19.3 Å². The monoisotopic (exact) mass is 395 g/mol. The highest BCUT2D eigenvalue weighted by molar-refractivity contribution is 7.89. The van der Waals surface area contributed by atoms with Gasteiger partial charge >= 0.3 is 0 Å². The maximum absolute atomic E-state index is 12.8. The lowest BCUT2D eigenvalue weighted by atomic mass is 9.96. The van der Waals surface area contributed by atoms with Gasteiger partial charge in [-0.2, -0.15) is 4.31 Å². The number of piperidine rings is 1. The molecule has 10 heteroatoms. The molecular weight excluding hydrogens is 374 g/mol. The Morgan fingerprint density at radius 1 is 1.00 bits per heavy atom. The highest BCUT2D eigenvalue weighted by atomic mass is 35.5. The zero-order valence-corrected chi connectivity index (χ0v) is 15.8. The number of fused-ring (bicyclic) bond motifs is 2. The first-order valence-corrected chi connectivity index (χ1v) is 10.5. The maximum Gasteiger partial charge on any atom is 0.243 e. The molecule has 2 atom stereocenters. The molecule has 1 aromatic carbocycles. The van der Waals surface area contributed by atoms with E-state index in [1.54, 1.807) is 0 Å². The van der Waals surface area contributed by atoms with Crippen LogP contribution < -0.4 is 10.0 Å². The predicted octanol–water partition coefficient (Wildman–Crippen LogP) is 0.532. The molecule has 2 saturated heterocycles. The topological polar surface area (TPSA) is 95.6 Å². The molecule has 2 unspecified atom stereocenters. The first kappa shape index (κ1) is 19.6. The molecule has 0 radical (unpaired) electrons. The minimum atomic E-state index is -3.59. The van der Waals surface area contributed by atoms with E-state index in [4.69, 9.17) is 0 Å². The molecule has 2 aliphatic rings. The molecular formula is C14H22ClN3O4S2. The SMILES string of the molecule is CNS(=O)(=O)c1ccc(S(=O)(=O)N2CC3CCCC(C2)N3)cc1.Cl. The van der Waals surface area contributed by atoms with Crippen LogP contribution in [0.2, 0.25) is 0 Å². The van der Waals surface area contributed by atoms with Gasteiger partial charge in [-0.1, -0.05) is 6.42 Å². The Hall–Kier alpha value is -0.710. The summed E-state index contributed by atoms with van der Waals surface area (Å²) in [5.74, 6) is 0. The second-order valence-corrected chi connectivity index (χ2v) is 9.82. The molecule has 0 spiro atoms.